The Balaban J connectivity index is 2.06. The molecule has 0 saturated carbocycles. The molecule has 1 saturated heterocycles. The van der Waals surface area contributed by atoms with Crippen LogP contribution < -0.4 is 4.90 Å². The summed E-state index contributed by atoms with van der Waals surface area (Å²) in [5, 5.41) is 0.427. The predicted molar refractivity (Wildman–Crippen MR) is 83.7 cm³/mol. The molecular weight excluding hydrogens is 306 g/mol. The van der Waals surface area contributed by atoms with Gasteiger partial charge in [-0.25, -0.2) is 0 Å². The Morgan fingerprint density at radius 1 is 1.23 bits per heavy atom. The summed E-state index contributed by atoms with van der Waals surface area (Å²) < 4.78 is 0. The van der Waals surface area contributed by atoms with E-state index in [1.54, 1.807) is 34.1 Å². The Morgan fingerprint density at radius 3 is 2.41 bits per heavy atom. The van der Waals surface area contributed by atoms with Gasteiger partial charge < -0.3 is 14.7 Å². The minimum Gasteiger partial charge on any atom is -0.342 e. The summed E-state index contributed by atoms with van der Waals surface area (Å²) in [7, 11) is 0. The van der Waals surface area contributed by atoms with Gasteiger partial charge in [0.05, 0.1) is 10.7 Å². The third kappa shape index (κ3) is 3.76. The number of benzene rings is 1. The first-order chi connectivity index (χ1) is 10.5. The highest BCUT2D eigenvalue weighted by atomic mass is 35.5. The zero-order valence-corrected chi connectivity index (χ0v) is 13.1. The first kappa shape index (κ1) is 16.3. The van der Waals surface area contributed by atoms with Crippen LogP contribution in [-0.2, 0) is 14.4 Å². The average molecular weight is 324 g/mol. The Kier molecular flexibility index (Phi) is 5.38. The van der Waals surface area contributed by atoms with E-state index in [1.807, 2.05) is 0 Å². The van der Waals surface area contributed by atoms with Crippen molar-refractivity contribution < 1.29 is 14.4 Å². The Bertz CT molecular complexity index is 571. The molecule has 1 heterocycles. The highest BCUT2D eigenvalue weighted by molar-refractivity contribution is 6.33. The lowest BCUT2D eigenvalue weighted by atomic mass is 10.2. The highest BCUT2D eigenvalue weighted by Gasteiger charge is 2.24. The number of anilines is 1. The van der Waals surface area contributed by atoms with Gasteiger partial charge in [-0.3, -0.25) is 14.4 Å². The van der Waals surface area contributed by atoms with Gasteiger partial charge in [-0.15, -0.1) is 0 Å². The summed E-state index contributed by atoms with van der Waals surface area (Å²) in [4.78, 5) is 39.6. The normalized spacial score (nSPS) is 14.6. The van der Waals surface area contributed by atoms with Crippen molar-refractivity contribution in [3.05, 3.63) is 29.3 Å². The second-order valence-corrected chi connectivity index (χ2v) is 5.49. The van der Waals surface area contributed by atoms with Gasteiger partial charge in [0.1, 0.15) is 6.54 Å². The van der Waals surface area contributed by atoms with Gasteiger partial charge in [0.25, 0.3) is 0 Å². The van der Waals surface area contributed by atoms with Crippen LogP contribution in [0.15, 0.2) is 24.3 Å². The second-order valence-electron chi connectivity index (χ2n) is 5.08. The number of carbonyl (C=O) groups excluding carboxylic acids is 3. The van der Waals surface area contributed by atoms with Gasteiger partial charge in [-0.2, -0.15) is 0 Å². The molecule has 0 aromatic heterocycles. The number of para-hydroxylation sites is 1. The number of nitrogens with zero attached hydrogens (tertiary/aromatic N) is 3. The van der Waals surface area contributed by atoms with E-state index in [-0.39, 0.29) is 18.4 Å². The van der Waals surface area contributed by atoms with Crippen LogP contribution in [-0.4, -0.2) is 60.7 Å². The van der Waals surface area contributed by atoms with Crippen molar-refractivity contribution in [3.63, 3.8) is 0 Å². The van der Waals surface area contributed by atoms with E-state index in [0.29, 0.717) is 36.9 Å². The molecule has 1 aliphatic rings. The molecule has 0 spiro atoms. The largest absolute Gasteiger partial charge is 0.342 e. The lowest BCUT2D eigenvalue weighted by Crippen LogP contribution is -2.51. The third-order valence-electron chi connectivity index (χ3n) is 3.63. The fraction of sp³-hybridized carbons (Fsp3) is 0.400. The van der Waals surface area contributed by atoms with E-state index in [0.717, 1.165) is 6.41 Å². The molecule has 0 radical (unpaired) electrons. The van der Waals surface area contributed by atoms with Crippen molar-refractivity contribution in [1.29, 1.82) is 0 Å². The summed E-state index contributed by atoms with van der Waals surface area (Å²) in [5.41, 5.74) is 0.525. The van der Waals surface area contributed by atoms with E-state index >= 15 is 0 Å². The van der Waals surface area contributed by atoms with Gasteiger partial charge in [-0.05, 0) is 12.1 Å². The Labute approximate surface area is 134 Å². The van der Waals surface area contributed by atoms with Crippen LogP contribution in [0.4, 0.5) is 5.69 Å². The fourth-order valence-corrected chi connectivity index (χ4v) is 2.59. The Hall–Kier alpha value is -2.08. The second kappa shape index (κ2) is 7.26. The molecule has 22 heavy (non-hydrogen) atoms. The molecule has 2 rings (SSSR count). The minimum absolute atomic E-state index is 0.0554. The van der Waals surface area contributed by atoms with Crippen molar-refractivity contribution in [2.45, 2.75) is 6.92 Å². The fourth-order valence-electron chi connectivity index (χ4n) is 2.35. The molecule has 3 amide bonds. The maximum atomic E-state index is 12.4. The number of rotatable bonds is 4. The maximum absolute atomic E-state index is 12.4. The third-order valence-corrected chi connectivity index (χ3v) is 3.95. The number of hydrogen-bond donors (Lipinski definition) is 0. The molecule has 6 nitrogen and oxygen atoms in total. The SMILES string of the molecule is CC(=O)N(CC(=O)N1CCN(C=O)CC1)c1ccccc1Cl. The van der Waals surface area contributed by atoms with Crippen LogP contribution in [0.3, 0.4) is 0 Å². The van der Waals surface area contributed by atoms with E-state index in [9.17, 15) is 14.4 Å². The molecule has 0 bridgehead atoms. The lowest BCUT2D eigenvalue weighted by molar-refractivity contribution is -0.134. The van der Waals surface area contributed by atoms with Crippen molar-refractivity contribution >= 4 is 35.5 Å². The zero-order valence-electron chi connectivity index (χ0n) is 12.4. The van der Waals surface area contributed by atoms with E-state index in [1.165, 1.54) is 11.8 Å². The molecule has 118 valence electrons. The van der Waals surface area contributed by atoms with E-state index in [4.69, 9.17) is 11.6 Å². The molecule has 0 N–H and O–H groups in total. The lowest BCUT2D eigenvalue weighted by Gasteiger charge is -2.34. The first-order valence-electron chi connectivity index (χ1n) is 7.02. The molecule has 0 unspecified atom stereocenters. The van der Waals surface area contributed by atoms with Gasteiger partial charge in [0.2, 0.25) is 18.2 Å². The van der Waals surface area contributed by atoms with Gasteiger partial charge >= 0.3 is 0 Å². The summed E-state index contributed by atoms with van der Waals surface area (Å²) in [6.45, 7) is 3.33. The molecule has 1 fully saturated rings. The van der Waals surface area contributed by atoms with E-state index < -0.39 is 0 Å². The summed E-state index contributed by atoms with van der Waals surface area (Å²) in [5.74, 6) is -0.395. The number of carbonyl (C=O) groups is 3. The van der Waals surface area contributed by atoms with E-state index in [2.05, 4.69) is 0 Å². The quantitative estimate of drug-likeness (QED) is 0.776. The number of halogens is 1. The van der Waals surface area contributed by atoms with Gasteiger partial charge in [-0.1, -0.05) is 23.7 Å². The maximum Gasteiger partial charge on any atom is 0.242 e. The molecule has 1 aliphatic heterocycles. The number of hydrogen-bond acceptors (Lipinski definition) is 3. The van der Waals surface area contributed by atoms with Crippen LogP contribution in [0.1, 0.15) is 6.92 Å². The topological polar surface area (TPSA) is 60.9 Å². The molecule has 1 aromatic rings. The van der Waals surface area contributed by atoms with Crippen molar-refractivity contribution in [2.24, 2.45) is 0 Å². The Morgan fingerprint density at radius 2 is 1.86 bits per heavy atom. The number of piperazine rings is 1. The van der Waals surface area contributed by atoms with Crippen LogP contribution in [0, 0.1) is 0 Å². The number of amides is 3. The molecule has 7 heteroatoms. The molecule has 1 aromatic carbocycles. The summed E-state index contributed by atoms with van der Waals surface area (Å²) >= 11 is 6.11. The summed E-state index contributed by atoms with van der Waals surface area (Å²) in [6.07, 6.45) is 0.785. The average Bonchev–Trinajstić information content (AvgIpc) is 2.53. The predicted octanol–water partition coefficient (Wildman–Crippen LogP) is 0.994. The molecule has 0 aliphatic carbocycles. The first-order valence-corrected chi connectivity index (χ1v) is 7.40. The van der Waals surface area contributed by atoms with Crippen LogP contribution in [0.25, 0.3) is 0 Å². The van der Waals surface area contributed by atoms with Crippen LogP contribution in [0.2, 0.25) is 5.02 Å². The smallest absolute Gasteiger partial charge is 0.242 e. The molecule has 0 atom stereocenters. The minimum atomic E-state index is -0.243. The summed E-state index contributed by atoms with van der Waals surface area (Å²) in [6, 6.07) is 6.93. The van der Waals surface area contributed by atoms with Crippen LogP contribution in [0.5, 0.6) is 0 Å². The van der Waals surface area contributed by atoms with Crippen molar-refractivity contribution in [3.8, 4) is 0 Å². The standard InChI is InChI=1S/C15H18ClN3O3/c1-12(21)19(14-5-3-2-4-13(14)16)10-15(22)18-8-6-17(11-20)7-9-18/h2-5,11H,6-10H2,1H3. The van der Waals surface area contributed by atoms with Gasteiger partial charge in [0, 0.05) is 33.1 Å². The van der Waals surface area contributed by atoms with Crippen molar-refractivity contribution in [1.82, 2.24) is 9.80 Å². The van der Waals surface area contributed by atoms with Gasteiger partial charge in [0.15, 0.2) is 0 Å². The molecular formula is C15H18ClN3O3. The zero-order chi connectivity index (χ0) is 16.1. The van der Waals surface area contributed by atoms with Crippen molar-refractivity contribution in [2.75, 3.05) is 37.6 Å². The highest BCUT2D eigenvalue weighted by Crippen LogP contribution is 2.25. The van der Waals surface area contributed by atoms with Crippen LogP contribution >= 0.6 is 11.6 Å². The monoisotopic (exact) mass is 323 g/mol.